The van der Waals surface area contributed by atoms with Gasteiger partial charge in [0, 0.05) is 39.4 Å². The second-order valence-electron chi connectivity index (χ2n) is 12.0. The predicted octanol–water partition coefficient (Wildman–Crippen LogP) is 4.58. The molecule has 1 aromatic carbocycles. The van der Waals surface area contributed by atoms with Crippen LogP contribution in [0.5, 0.6) is 0 Å². The van der Waals surface area contributed by atoms with Crippen molar-refractivity contribution in [2.24, 2.45) is 13.0 Å². The molecular formula is C29H47N3O6. The molecule has 1 aliphatic heterocycles. The number of esters is 2. The third-order valence-electron chi connectivity index (χ3n) is 6.39. The number of fused-ring (bicyclic) bond motifs is 1. The molecule has 0 spiro atoms. The molecule has 3 rings (SSSR count). The highest BCUT2D eigenvalue weighted by molar-refractivity contribution is 5.84. The van der Waals surface area contributed by atoms with Gasteiger partial charge in [-0.3, -0.25) is 13.9 Å². The second-order valence-corrected chi connectivity index (χ2v) is 12.0. The first-order valence-electron chi connectivity index (χ1n) is 13.6. The van der Waals surface area contributed by atoms with Crippen LogP contribution in [0.3, 0.4) is 0 Å². The lowest BCUT2D eigenvalue weighted by Gasteiger charge is -2.41. The number of aryl methyl sites for hydroxylation is 1. The van der Waals surface area contributed by atoms with E-state index in [4.69, 9.17) is 14.6 Å². The number of aliphatic hydroxyl groups is 1. The molecule has 1 atom stereocenters. The van der Waals surface area contributed by atoms with E-state index < -0.39 is 29.2 Å². The maximum absolute atomic E-state index is 13.4. The van der Waals surface area contributed by atoms with E-state index in [2.05, 4.69) is 11.8 Å². The van der Waals surface area contributed by atoms with Gasteiger partial charge >= 0.3 is 17.6 Å². The first-order chi connectivity index (χ1) is 17.7. The van der Waals surface area contributed by atoms with Crippen molar-refractivity contribution in [3.05, 3.63) is 28.7 Å². The topological polar surface area (TPSA) is 103 Å². The average Bonchev–Trinajstić information content (AvgIpc) is 3.02. The molecule has 0 saturated carbocycles. The highest BCUT2D eigenvalue weighted by atomic mass is 16.6. The summed E-state index contributed by atoms with van der Waals surface area (Å²) in [6.07, 6.45) is 3.82. The fourth-order valence-corrected chi connectivity index (χ4v) is 4.68. The van der Waals surface area contributed by atoms with Crippen LogP contribution >= 0.6 is 0 Å². The summed E-state index contributed by atoms with van der Waals surface area (Å²) in [6, 6.07) is 4.98. The number of aromatic nitrogens is 2. The Hall–Kier alpha value is -2.81. The van der Waals surface area contributed by atoms with Crippen molar-refractivity contribution in [3.63, 3.8) is 0 Å². The fraction of sp³-hybridized carbons (Fsp3) is 0.690. The van der Waals surface area contributed by atoms with Crippen LogP contribution < -0.4 is 10.6 Å². The first-order valence-corrected chi connectivity index (χ1v) is 13.6. The number of carbonyl (C=O) groups excluding carboxylic acids is 2. The normalized spacial score (nSPS) is 14.9. The van der Waals surface area contributed by atoms with Gasteiger partial charge in [0.1, 0.15) is 17.2 Å². The Labute approximate surface area is 226 Å². The zero-order chi connectivity index (χ0) is 28.8. The summed E-state index contributed by atoms with van der Waals surface area (Å²) in [6.45, 7) is 15.0. The van der Waals surface area contributed by atoms with Gasteiger partial charge in [0.2, 0.25) is 0 Å². The SMILES string of the molecule is CCCCC1CN(c2ccc3c(c2)n(C)c(=O)n3C(CCC(=O)OC(C)(C)C)C(=O)OC(C)(C)C)C1.CO. The molecule has 0 bridgehead atoms. The van der Waals surface area contributed by atoms with Crippen molar-refractivity contribution in [1.29, 1.82) is 0 Å². The van der Waals surface area contributed by atoms with E-state index >= 15 is 0 Å². The van der Waals surface area contributed by atoms with Crippen LogP contribution in [0.1, 0.15) is 86.6 Å². The highest BCUT2D eigenvalue weighted by Gasteiger charge is 2.32. The molecular weight excluding hydrogens is 486 g/mol. The third kappa shape index (κ3) is 8.09. The number of hydrogen-bond donors (Lipinski definition) is 1. The lowest BCUT2D eigenvalue weighted by molar-refractivity contribution is -0.160. The second kappa shape index (κ2) is 12.8. The molecule has 2 heterocycles. The molecule has 1 saturated heterocycles. The lowest BCUT2D eigenvalue weighted by atomic mass is 9.93. The largest absolute Gasteiger partial charge is 0.460 e. The van der Waals surface area contributed by atoms with Crippen LogP contribution in [0.4, 0.5) is 5.69 Å². The minimum atomic E-state index is -0.943. The minimum absolute atomic E-state index is 0.00494. The van der Waals surface area contributed by atoms with Gasteiger partial charge in [0.25, 0.3) is 0 Å². The molecule has 1 fully saturated rings. The maximum Gasteiger partial charge on any atom is 0.329 e. The van der Waals surface area contributed by atoms with E-state index in [0.29, 0.717) is 5.52 Å². The smallest absolute Gasteiger partial charge is 0.329 e. The molecule has 1 aliphatic rings. The van der Waals surface area contributed by atoms with E-state index in [-0.39, 0.29) is 18.5 Å². The molecule has 214 valence electrons. The maximum atomic E-state index is 13.4. The van der Waals surface area contributed by atoms with Crippen molar-refractivity contribution >= 4 is 28.7 Å². The van der Waals surface area contributed by atoms with Gasteiger partial charge < -0.3 is 19.5 Å². The Balaban J connectivity index is 0.00000247. The zero-order valence-corrected chi connectivity index (χ0v) is 24.7. The van der Waals surface area contributed by atoms with Crippen LogP contribution in [0.25, 0.3) is 11.0 Å². The van der Waals surface area contributed by atoms with Crippen molar-refractivity contribution in [3.8, 4) is 0 Å². The molecule has 2 aromatic rings. The Kier molecular flexibility index (Phi) is 10.6. The molecule has 1 N–H and O–H groups in total. The number of anilines is 1. The van der Waals surface area contributed by atoms with Crippen LogP contribution in [0.2, 0.25) is 0 Å². The Morgan fingerprint density at radius 1 is 1.03 bits per heavy atom. The molecule has 9 nitrogen and oxygen atoms in total. The van der Waals surface area contributed by atoms with Crippen molar-refractivity contribution in [2.75, 3.05) is 25.1 Å². The van der Waals surface area contributed by atoms with Gasteiger partial charge in [-0.15, -0.1) is 0 Å². The summed E-state index contributed by atoms with van der Waals surface area (Å²) in [5.74, 6) is -0.230. The van der Waals surface area contributed by atoms with Crippen molar-refractivity contribution in [1.82, 2.24) is 9.13 Å². The molecule has 38 heavy (non-hydrogen) atoms. The summed E-state index contributed by atoms with van der Waals surface area (Å²) in [5.41, 5.74) is 0.804. The number of unbranched alkanes of at least 4 members (excludes halogenated alkanes) is 1. The number of hydrogen-bond acceptors (Lipinski definition) is 7. The summed E-state index contributed by atoms with van der Waals surface area (Å²) in [4.78, 5) is 41.4. The van der Waals surface area contributed by atoms with Gasteiger partial charge in [-0.25, -0.2) is 9.59 Å². The van der Waals surface area contributed by atoms with Gasteiger partial charge in [-0.2, -0.15) is 0 Å². The van der Waals surface area contributed by atoms with Gasteiger partial charge in [0.05, 0.1) is 11.0 Å². The predicted molar refractivity (Wildman–Crippen MR) is 151 cm³/mol. The molecule has 0 aliphatic carbocycles. The van der Waals surface area contributed by atoms with E-state index in [1.807, 2.05) is 18.2 Å². The molecule has 0 radical (unpaired) electrons. The van der Waals surface area contributed by atoms with Crippen molar-refractivity contribution < 1.29 is 24.2 Å². The molecule has 9 heteroatoms. The first kappa shape index (κ1) is 31.4. The highest BCUT2D eigenvalue weighted by Crippen LogP contribution is 2.31. The zero-order valence-electron chi connectivity index (χ0n) is 24.7. The summed E-state index contributed by atoms with van der Waals surface area (Å²) in [5, 5.41) is 7.00. The number of aliphatic hydroxyl groups excluding tert-OH is 1. The standard InChI is InChI=1S/C28H43N3O5.CH4O/c1-9-10-11-19-17-30(18-19)20-12-13-21-23(16-20)29(8)26(34)31(21)22(25(33)36-28(5,6)7)14-15-24(32)35-27(2,3)4;1-2/h12-13,16,19,22H,9-11,14-15,17-18H2,1-8H3;2H,1H3. The molecule has 1 aromatic heterocycles. The van der Waals surface area contributed by atoms with Crippen LogP contribution in [-0.4, -0.2) is 57.6 Å². The number of benzene rings is 1. The quantitative estimate of drug-likeness (QED) is 0.471. The number of carbonyl (C=O) groups is 2. The Morgan fingerprint density at radius 2 is 1.63 bits per heavy atom. The Bertz CT molecular complexity index is 1150. The number of rotatable bonds is 9. The monoisotopic (exact) mass is 533 g/mol. The fourth-order valence-electron chi connectivity index (χ4n) is 4.68. The summed E-state index contributed by atoms with van der Waals surface area (Å²) >= 11 is 0. The molecule has 1 unspecified atom stereocenters. The van der Waals surface area contributed by atoms with Gasteiger partial charge in [0.15, 0.2) is 0 Å². The minimum Gasteiger partial charge on any atom is -0.460 e. The number of ether oxygens (including phenoxy) is 2. The van der Waals surface area contributed by atoms with Crippen LogP contribution in [0, 0.1) is 5.92 Å². The van der Waals surface area contributed by atoms with Crippen LogP contribution in [-0.2, 0) is 26.1 Å². The third-order valence-corrected chi connectivity index (χ3v) is 6.39. The van der Waals surface area contributed by atoms with Crippen molar-refractivity contribution in [2.45, 2.75) is 97.8 Å². The van der Waals surface area contributed by atoms with E-state index in [9.17, 15) is 14.4 Å². The van der Waals surface area contributed by atoms with E-state index in [0.717, 1.165) is 37.3 Å². The van der Waals surface area contributed by atoms with Gasteiger partial charge in [-0.05, 0) is 78.5 Å². The van der Waals surface area contributed by atoms with E-state index in [1.165, 1.54) is 23.8 Å². The Morgan fingerprint density at radius 3 is 2.18 bits per heavy atom. The number of nitrogens with zero attached hydrogens (tertiary/aromatic N) is 3. The summed E-state index contributed by atoms with van der Waals surface area (Å²) in [7, 11) is 2.71. The summed E-state index contributed by atoms with van der Waals surface area (Å²) < 4.78 is 14.1. The van der Waals surface area contributed by atoms with Crippen LogP contribution in [0.15, 0.2) is 23.0 Å². The number of imidazole rings is 1. The average molecular weight is 534 g/mol. The van der Waals surface area contributed by atoms with Gasteiger partial charge in [-0.1, -0.05) is 19.8 Å². The lowest BCUT2D eigenvalue weighted by Crippen LogP contribution is -2.46. The van der Waals surface area contributed by atoms with E-state index in [1.54, 1.807) is 53.2 Å². The molecule has 0 amide bonds.